The van der Waals surface area contributed by atoms with Crippen molar-refractivity contribution in [2.75, 3.05) is 17.7 Å². The van der Waals surface area contributed by atoms with Crippen molar-refractivity contribution in [1.29, 1.82) is 0 Å². The van der Waals surface area contributed by atoms with Crippen LogP contribution in [0, 0.1) is 0 Å². The van der Waals surface area contributed by atoms with E-state index < -0.39 is 0 Å². The summed E-state index contributed by atoms with van der Waals surface area (Å²) >= 11 is 3.44. The molecular weight excluding hydrogens is 372 g/mol. The summed E-state index contributed by atoms with van der Waals surface area (Å²) in [5, 5.41) is 5.53. The number of fused-ring (bicyclic) bond motifs is 1. The Bertz CT molecular complexity index is 875. The molecule has 3 rings (SSSR count). The second kappa shape index (κ2) is 6.49. The maximum atomic E-state index is 12.3. The number of carbonyl (C=O) groups is 2. The molecule has 1 aliphatic rings. The van der Waals surface area contributed by atoms with E-state index in [4.69, 9.17) is 4.74 Å². The molecule has 0 spiro atoms. The van der Waals surface area contributed by atoms with E-state index in [1.54, 1.807) is 19.2 Å². The normalized spacial score (nSPS) is 14.3. The van der Waals surface area contributed by atoms with Gasteiger partial charge in [0.25, 0.3) is 5.91 Å². The number of hydrogen-bond acceptors (Lipinski definition) is 3. The maximum Gasteiger partial charge on any atom is 0.256 e. The second-order valence-corrected chi connectivity index (χ2v) is 6.20. The van der Waals surface area contributed by atoms with Gasteiger partial charge in [0, 0.05) is 23.7 Å². The summed E-state index contributed by atoms with van der Waals surface area (Å²) < 4.78 is 6.03. The molecule has 0 fully saturated rings. The van der Waals surface area contributed by atoms with Crippen LogP contribution in [0.4, 0.5) is 11.4 Å². The zero-order valence-electron chi connectivity index (χ0n) is 13.1. The van der Waals surface area contributed by atoms with Crippen molar-refractivity contribution in [3.8, 4) is 5.75 Å². The molecule has 2 aromatic rings. The quantitative estimate of drug-likeness (QED) is 0.785. The first-order valence-electron chi connectivity index (χ1n) is 7.26. The van der Waals surface area contributed by atoms with Crippen LogP contribution in [0.3, 0.4) is 0 Å². The molecular formula is C18H15BrN2O3. The maximum absolute atomic E-state index is 12.3. The molecule has 1 heterocycles. The molecule has 0 aliphatic carbocycles. The molecule has 2 amide bonds. The fourth-order valence-electron chi connectivity index (χ4n) is 2.56. The molecule has 5 nitrogen and oxygen atoms in total. The minimum Gasteiger partial charge on any atom is -0.496 e. The van der Waals surface area contributed by atoms with Crippen LogP contribution >= 0.6 is 15.9 Å². The summed E-state index contributed by atoms with van der Waals surface area (Å²) in [7, 11) is 1.60. The third-order valence-electron chi connectivity index (χ3n) is 3.61. The number of hydrogen-bond donors (Lipinski definition) is 2. The van der Waals surface area contributed by atoms with E-state index in [2.05, 4.69) is 26.6 Å². The molecule has 0 saturated heterocycles. The number of amides is 2. The highest BCUT2D eigenvalue weighted by atomic mass is 79.9. The van der Waals surface area contributed by atoms with E-state index >= 15 is 0 Å². The van der Waals surface area contributed by atoms with Gasteiger partial charge in [-0.25, -0.2) is 0 Å². The second-order valence-electron chi connectivity index (χ2n) is 5.35. The molecule has 1 aliphatic heterocycles. The lowest BCUT2D eigenvalue weighted by atomic mass is 10.0. The lowest BCUT2D eigenvalue weighted by Gasteiger charge is -2.05. The highest BCUT2D eigenvalue weighted by molar-refractivity contribution is 9.10. The Labute approximate surface area is 147 Å². The highest BCUT2D eigenvalue weighted by Crippen LogP contribution is 2.36. The Morgan fingerprint density at radius 2 is 2.04 bits per heavy atom. The number of halogens is 1. The van der Waals surface area contributed by atoms with Crippen molar-refractivity contribution < 1.29 is 14.3 Å². The largest absolute Gasteiger partial charge is 0.496 e. The van der Waals surface area contributed by atoms with Gasteiger partial charge in [-0.3, -0.25) is 9.59 Å². The van der Waals surface area contributed by atoms with Crippen molar-refractivity contribution in [3.05, 3.63) is 52.0 Å². The molecule has 6 heteroatoms. The molecule has 0 unspecified atom stereocenters. The van der Waals surface area contributed by atoms with Crippen molar-refractivity contribution >= 4 is 50.8 Å². The predicted octanol–water partition coefficient (Wildman–Crippen LogP) is 3.91. The minimum atomic E-state index is -0.170. The number of benzene rings is 2. The van der Waals surface area contributed by atoms with Crippen molar-refractivity contribution in [3.63, 3.8) is 0 Å². The summed E-state index contributed by atoms with van der Waals surface area (Å²) in [5.41, 5.74) is 3.60. The average molecular weight is 387 g/mol. The minimum absolute atomic E-state index is 0.155. The van der Waals surface area contributed by atoms with Crippen LogP contribution in [0.5, 0.6) is 5.75 Å². The smallest absolute Gasteiger partial charge is 0.256 e. The van der Waals surface area contributed by atoms with Crippen molar-refractivity contribution in [2.24, 2.45) is 0 Å². The number of carbonyl (C=O) groups excluding carboxylic acids is 2. The third-order valence-corrected chi connectivity index (χ3v) is 4.23. The van der Waals surface area contributed by atoms with Gasteiger partial charge in [0.2, 0.25) is 5.91 Å². The van der Waals surface area contributed by atoms with Crippen molar-refractivity contribution in [1.82, 2.24) is 0 Å². The molecule has 0 atom stereocenters. The van der Waals surface area contributed by atoms with E-state index in [9.17, 15) is 9.59 Å². The van der Waals surface area contributed by atoms with Gasteiger partial charge >= 0.3 is 0 Å². The van der Waals surface area contributed by atoms with Gasteiger partial charge in [-0.15, -0.1) is 0 Å². The molecule has 122 valence electrons. The van der Waals surface area contributed by atoms with Crippen LogP contribution in [0.1, 0.15) is 18.1 Å². The third kappa shape index (κ3) is 3.19. The zero-order valence-corrected chi connectivity index (χ0v) is 14.7. The van der Waals surface area contributed by atoms with Gasteiger partial charge in [0.05, 0.1) is 17.3 Å². The Hall–Kier alpha value is -2.60. The standard InChI is InChI=1S/C18H15BrN2O3/c1-10(22)20-12-4-5-13-14(18(23)21-16(13)9-12)7-11-3-6-17(24-2)15(19)8-11/h3-9H,1-2H3,(H,20,22)(H,21,23). The lowest BCUT2D eigenvalue weighted by Crippen LogP contribution is -2.06. The van der Waals surface area contributed by atoms with Crippen LogP contribution in [0.25, 0.3) is 11.6 Å². The molecule has 0 radical (unpaired) electrons. The highest BCUT2D eigenvalue weighted by Gasteiger charge is 2.24. The fraction of sp³-hybridized carbons (Fsp3) is 0.111. The number of rotatable bonds is 3. The van der Waals surface area contributed by atoms with Gasteiger partial charge in [-0.1, -0.05) is 12.1 Å². The first kappa shape index (κ1) is 16.3. The summed E-state index contributed by atoms with van der Waals surface area (Å²) in [4.78, 5) is 23.4. The summed E-state index contributed by atoms with van der Waals surface area (Å²) in [6.07, 6.45) is 1.82. The Balaban J connectivity index is 1.97. The predicted molar refractivity (Wildman–Crippen MR) is 97.9 cm³/mol. The molecule has 0 bridgehead atoms. The number of nitrogens with one attached hydrogen (secondary N) is 2. The number of anilines is 2. The zero-order chi connectivity index (χ0) is 17.3. The van der Waals surface area contributed by atoms with Crippen LogP contribution < -0.4 is 15.4 Å². The molecule has 2 aromatic carbocycles. The first-order valence-corrected chi connectivity index (χ1v) is 8.06. The summed E-state index contributed by atoms with van der Waals surface area (Å²) in [6, 6.07) is 11.0. The topological polar surface area (TPSA) is 67.4 Å². The van der Waals surface area contributed by atoms with E-state index in [1.165, 1.54) is 6.92 Å². The average Bonchev–Trinajstić information content (AvgIpc) is 2.82. The SMILES string of the molecule is COc1ccc(C=C2C(=O)Nc3cc(NC(C)=O)ccc32)cc1Br. The van der Waals surface area contributed by atoms with Crippen LogP contribution in [-0.4, -0.2) is 18.9 Å². The Kier molecular flexibility index (Phi) is 4.40. The monoisotopic (exact) mass is 386 g/mol. The number of ether oxygens (including phenoxy) is 1. The van der Waals surface area contributed by atoms with Gasteiger partial charge in [-0.05, 0) is 51.8 Å². The van der Waals surface area contributed by atoms with E-state index in [0.717, 1.165) is 21.3 Å². The molecule has 24 heavy (non-hydrogen) atoms. The van der Waals surface area contributed by atoms with Gasteiger partial charge < -0.3 is 15.4 Å². The Morgan fingerprint density at radius 3 is 2.71 bits per heavy atom. The first-order chi connectivity index (χ1) is 11.5. The van der Waals surface area contributed by atoms with Gasteiger partial charge in [0.15, 0.2) is 0 Å². The Morgan fingerprint density at radius 1 is 1.25 bits per heavy atom. The van der Waals surface area contributed by atoms with Crippen LogP contribution in [0.15, 0.2) is 40.9 Å². The van der Waals surface area contributed by atoms with E-state index in [1.807, 2.05) is 30.3 Å². The fourth-order valence-corrected chi connectivity index (χ4v) is 3.12. The molecule has 2 N–H and O–H groups in total. The molecule has 0 aromatic heterocycles. The van der Waals surface area contributed by atoms with Crippen molar-refractivity contribution in [2.45, 2.75) is 6.92 Å². The number of methoxy groups -OCH3 is 1. The van der Waals surface area contributed by atoms with Gasteiger partial charge in [-0.2, -0.15) is 0 Å². The lowest BCUT2D eigenvalue weighted by molar-refractivity contribution is -0.114. The summed E-state index contributed by atoms with van der Waals surface area (Å²) in [5.74, 6) is 0.406. The van der Waals surface area contributed by atoms with Gasteiger partial charge in [0.1, 0.15) is 5.75 Å². The van der Waals surface area contributed by atoms with Crippen LogP contribution in [0.2, 0.25) is 0 Å². The van der Waals surface area contributed by atoms with E-state index in [-0.39, 0.29) is 11.8 Å². The molecule has 0 saturated carbocycles. The summed E-state index contributed by atoms with van der Waals surface area (Å²) in [6.45, 7) is 1.44. The van der Waals surface area contributed by atoms with E-state index in [0.29, 0.717) is 16.9 Å². The van der Waals surface area contributed by atoms with Crippen LogP contribution in [-0.2, 0) is 9.59 Å².